The lowest BCUT2D eigenvalue weighted by molar-refractivity contribution is 0.0657. The minimum Gasteiger partial charge on any atom is -0.467 e. The molecule has 2 aliphatic rings. The Morgan fingerprint density at radius 1 is 1.08 bits per heavy atom. The third-order valence-corrected chi connectivity index (χ3v) is 5.06. The summed E-state index contributed by atoms with van der Waals surface area (Å²) in [7, 11) is 0. The van der Waals surface area contributed by atoms with Gasteiger partial charge in [-0.2, -0.15) is 0 Å². The highest BCUT2D eigenvalue weighted by atomic mass is 16.5. The zero-order valence-corrected chi connectivity index (χ0v) is 14.8. The van der Waals surface area contributed by atoms with Gasteiger partial charge in [-0.05, 0) is 25.0 Å². The Morgan fingerprint density at radius 3 is 2.62 bits per heavy atom. The fourth-order valence-electron chi connectivity index (χ4n) is 3.65. The number of hydrogen-bond acceptors (Lipinski definition) is 6. The average Bonchev–Trinajstić information content (AvgIpc) is 3.13. The molecule has 0 N–H and O–H groups in total. The first-order valence-electron chi connectivity index (χ1n) is 9.32. The third-order valence-electron chi connectivity index (χ3n) is 5.06. The van der Waals surface area contributed by atoms with Crippen LogP contribution in [-0.2, 0) is 4.74 Å². The number of aromatic nitrogens is 2. The van der Waals surface area contributed by atoms with Crippen LogP contribution in [0.15, 0.2) is 35.2 Å². The summed E-state index contributed by atoms with van der Waals surface area (Å²) in [5.74, 6) is 1.48. The summed E-state index contributed by atoms with van der Waals surface area (Å²) < 4.78 is 11.0. The molecule has 1 amide bonds. The van der Waals surface area contributed by atoms with E-state index < -0.39 is 0 Å². The second kappa shape index (κ2) is 7.86. The van der Waals surface area contributed by atoms with Gasteiger partial charge >= 0.3 is 0 Å². The summed E-state index contributed by atoms with van der Waals surface area (Å²) in [5, 5.41) is 0. The van der Waals surface area contributed by atoms with Crippen LogP contribution in [0.3, 0.4) is 0 Å². The van der Waals surface area contributed by atoms with Crippen LogP contribution in [0.2, 0.25) is 0 Å². The van der Waals surface area contributed by atoms with Crippen molar-refractivity contribution >= 4 is 11.9 Å². The first-order valence-corrected chi connectivity index (χ1v) is 9.32. The number of nitrogens with zero attached hydrogens (tertiary/aromatic N) is 4. The zero-order valence-electron chi connectivity index (χ0n) is 14.8. The van der Waals surface area contributed by atoms with Gasteiger partial charge in [0.25, 0.3) is 5.91 Å². The van der Waals surface area contributed by atoms with E-state index >= 15 is 0 Å². The molecular formula is C19H24N4O3. The molecule has 26 heavy (non-hydrogen) atoms. The van der Waals surface area contributed by atoms with E-state index in [1.165, 1.54) is 0 Å². The monoisotopic (exact) mass is 356 g/mol. The molecule has 7 nitrogen and oxygen atoms in total. The van der Waals surface area contributed by atoms with Gasteiger partial charge < -0.3 is 19.0 Å². The lowest BCUT2D eigenvalue weighted by Gasteiger charge is -2.29. The second-order valence-corrected chi connectivity index (χ2v) is 6.75. The number of morpholine rings is 1. The van der Waals surface area contributed by atoms with E-state index in [0.717, 1.165) is 51.1 Å². The summed E-state index contributed by atoms with van der Waals surface area (Å²) in [6.07, 6.45) is 9.12. The first kappa shape index (κ1) is 17.0. The number of likely N-dealkylation sites (tertiary alicyclic amines) is 1. The highest BCUT2D eigenvalue weighted by Crippen LogP contribution is 2.31. The van der Waals surface area contributed by atoms with E-state index in [0.29, 0.717) is 24.7 Å². The average molecular weight is 356 g/mol. The van der Waals surface area contributed by atoms with Crippen LogP contribution >= 0.6 is 0 Å². The van der Waals surface area contributed by atoms with Gasteiger partial charge in [0, 0.05) is 32.0 Å². The molecule has 4 heterocycles. The number of carbonyl (C=O) groups is 1. The van der Waals surface area contributed by atoms with E-state index in [4.69, 9.17) is 9.15 Å². The van der Waals surface area contributed by atoms with Crippen molar-refractivity contribution < 1.29 is 13.9 Å². The number of rotatable bonds is 3. The largest absolute Gasteiger partial charge is 0.467 e. The first-order chi connectivity index (χ1) is 12.8. The topological polar surface area (TPSA) is 71.7 Å². The maximum Gasteiger partial charge on any atom is 0.257 e. The van der Waals surface area contributed by atoms with Gasteiger partial charge in [-0.1, -0.05) is 12.8 Å². The molecule has 1 atom stereocenters. The molecule has 0 spiro atoms. The van der Waals surface area contributed by atoms with E-state index in [2.05, 4.69) is 14.9 Å². The van der Waals surface area contributed by atoms with Crippen molar-refractivity contribution in [3.63, 3.8) is 0 Å². The number of carbonyl (C=O) groups excluding carboxylic acids is 1. The maximum absolute atomic E-state index is 13.1. The van der Waals surface area contributed by atoms with Crippen LogP contribution in [0.25, 0.3) is 0 Å². The normalized spacial score (nSPS) is 21.5. The minimum atomic E-state index is -0.0261. The van der Waals surface area contributed by atoms with Crippen LogP contribution in [0.5, 0.6) is 0 Å². The summed E-state index contributed by atoms with van der Waals surface area (Å²) in [6, 6.07) is 3.82. The van der Waals surface area contributed by atoms with Crippen molar-refractivity contribution in [3.05, 3.63) is 42.1 Å². The van der Waals surface area contributed by atoms with Gasteiger partial charge in [-0.3, -0.25) is 4.79 Å². The number of hydrogen-bond donors (Lipinski definition) is 0. The Hall–Kier alpha value is -2.41. The van der Waals surface area contributed by atoms with E-state index in [1.54, 1.807) is 18.7 Å². The molecule has 0 unspecified atom stereocenters. The van der Waals surface area contributed by atoms with Gasteiger partial charge in [0.1, 0.15) is 5.76 Å². The van der Waals surface area contributed by atoms with Crippen molar-refractivity contribution in [2.75, 3.05) is 37.7 Å². The predicted molar refractivity (Wildman–Crippen MR) is 96.0 cm³/mol. The van der Waals surface area contributed by atoms with Gasteiger partial charge in [-0.25, -0.2) is 9.97 Å². The van der Waals surface area contributed by atoms with Crippen LogP contribution in [0, 0.1) is 0 Å². The van der Waals surface area contributed by atoms with Crippen LogP contribution in [0.1, 0.15) is 47.8 Å². The predicted octanol–water partition coefficient (Wildman–Crippen LogP) is 2.66. The van der Waals surface area contributed by atoms with Crippen molar-refractivity contribution in [3.8, 4) is 0 Å². The summed E-state index contributed by atoms with van der Waals surface area (Å²) in [6.45, 7) is 3.65. The highest BCUT2D eigenvalue weighted by Gasteiger charge is 2.29. The van der Waals surface area contributed by atoms with E-state index in [-0.39, 0.29) is 11.9 Å². The summed E-state index contributed by atoms with van der Waals surface area (Å²) in [5.41, 5.74) is 0.528. The molecule has 0 radical (unpaired) electrons. The number of amides is 1. The van der Waals surface area contributed by atoms with Crippen LogP contribution in [-0.4, -0.2) is 53.6 Å². The molecular weight excluding hydrogens is 332 g/mol. The molecule has 138 valence electrons. The van der Waals surface area contributed by atoms with Gasteiger partial charge in [0.05, 0.1) is 31.1 Å². The van der Waals surface area contributed by atoms with Crippen molar-refractivity contribution in [2.45, 2.75) is 31.7 Å². The highest BCUT2D eigenvalue weighted by molar-refractivity contribution is 5.94. The Kier molecular flexibility index (Phi) is 5.15. The van der Waals surface area contributed by atoms with Gasteiger partial charge in [0.15, 0.2) is 0 Å². The van der Waals surface area contributed by atoms with Gasteiger partial charge in [-0.15, -0.1) is 0 Å². The quantitative estimate of drug-likeness (QED) is 0.842. The Balaban J connectivity index is 1.53. The minimum absolute atomic E-state index is 0.0149. The van der Waals surface area contributed by atoms with Crippen molar-refractivity contribution in [1.29, 1.82) is 0 Å². The molecule has 2 fully saturated rings. The smallest absolute Gasteiger partial charge is 0.257 e. The SMILES string of the molecule is O=C(c1cnc(N2CCOCC2)nc1)N1CCCCC[C@H]1c1ccco1. The number of furan rings is 1. The molecule has 4 rings (SSSR count). The lowest BCUT2D eigenvalue weighted by Crippen LogP contribution is -2.37. The van der Waals surface area contributed by atoms with E-state index in [9.17, 15) is 4.79 Å². The standard InChI is InChI=1S/C19H24N4O3/c24-18(15-13-20-19(21-14-15)22-8-11-25-12-9-22)23-7-3-1-2-5-16(23)17-6-4-10-26-17/h4,6,10,13-14,16H,1-3,5,7-9,11-12H2/t16-/m0/s1. The molecule has 0 bridgehead atoms. The number of anilines is 1. The lowest BCUT2D eigenvalue weighted by atomic mass is 10.1. The van der Waals surface area contributed by atoms with Gasteiger partial charge in [0.2, 0.25) is 5.95 Å². The summed E-state index contributed by atoms with van der Waals surface area (Å²) in [4.78, 5) is 25.9. The molecule has 0 aliphatic carbocycles. The fourth-order valence-corrected chi connectivity index (χ4v) is 3.65. The third kappa shape index (κ3) is 3.58. The second-order valence-electron chi connectivity index (χ2n) is 6.75. The molecule has 2 saturated heterocycles. The Morgan fingerprint density at radius 2 is 1.88 bits per heavy atom. The molecule has 2 aromatic rings. The Labute approximate surface area is 153 Å². The van der Waals surface area contributed by atoms with Crippen LogP contribution in [0.4, 0.5) is 5.95 Å². The molecule has 0 saturated carbocycles. The Bertz CT molecular complexity index is 711. The molecule has 2 aliphatic heterocycles. The molecule has 2 aromatic heterocycles. The molecule has 7 heteroatoms. The maximum atomic E-state index is 13.1. The van der Waals surface area contributed by atoms with Crippen molar-refractivity contribution in [2.24, 2.45) is 0 Å². The summed E-state index contributed by atoms with van der Waals surface area (Å²) >= 11 is 0. The fraction of sp³-hybridized carbons (Fsp3) is 0.526. The van der Waals surface area contributed by atoms with Crippen LogP contribution < -0.4 is 4.90 Å². The zero-order chi connectivity index (χ0) is 17.8. The number of ether oxygens (including phenoxy) is 1. The van der Waals surface area contributed by atoms with E-state index in [1.807, 2.05) is 17.0 Å². The van der Waals surface area contributed by atoms with Crippen molar-refractivity contribution in [1.82, 2.24) is 14.9 Å². The molecule has 0 aromatic carbocycles.